The topological polar surface area (TPSA) is 73.0 Å². The molecule has 2 aromatic heterocycles. The van der Waals surface area contributed by atoms with Crippen molar-refractivity contribution in [1.82, 2.24) is 20.1 Å². The SMILES string of the molecule is C=CCn1c(SCC(=O)NC(CC(C)C)c2ccccc2)nnc1-c1ccco1. The maximum atomic E-state index is 12.7. The van der Waals surface area contributed by atoms with Crippen molar-refractivity contribution in [2.24, 2.45) is 5.92 Å². The molecule has 0 radical (unpaired) electrons. The molecule has 3 rings (SSSR count). The molecule has 152 valence electrons. The van der Waals surface area contributed by atoms with Gasteiger partial charge in [-0.2, -0.15) is 0 Å². The molecule has 6 nitrogen and oxygen atoms in total. The minimum absolute atomic E-state index is 0.00553. The molecule has 0 aliphatic rings. The number of carbonyl (C=O) groups is 1. The third kappa shape index (κ3) is 5.60. The summed E-state index contributed by atoms with van der Waals surface area (Å²) >= 11 is 1.36. The van der Waals surface area contributed by atoms with Gasteiger partial charge in [0.2, 0.25) is 11.7 Å². The van der Waals surface area contributed by atoms with Crippen molar-refractivity contribution in [3.05, 3.63) is 66.9 Å². The second kappa shape index (κ2) is 10.1. The summed E-state index contributed by atoms with van der Waals surface area (Å²) in [6.07, 6.45) is 4.25. The molecule has 3 aromatic rings. The van der Waals surface area contributed by atoms with E-state index in [0.29, 0.717) is 29.2 Å². The Bertz CT molecular complexity index is 920. The van der Waals surface area contributed by atoms with E-state index in [9.17, 15) is 4.79 Å². The van der Waals surface area contributed by atoms with Crippen LogP contribution in [-0.4, -0.2) is 26.4 Å². The maximum Gasteiger partial charge on any atom is 0.230 e. The van der Waals surface area contributed by atoms with Crippen molar-refractivity contribution < 1.29 is 9.21 Å². The first-order valence-corrected chi connectivity index (χ1v) is 10.6. The minimum atomic E-state index is -0.0304. The van der Waals surface area contributed by atoms with E-state index in [0.717, 1.165) is 12.0 Å². The van der Waals surface area contributed by atoms with E-state index >= 15 is 0 Å². The number of rotatable bonds is 10. The van der Waals surface area contributed by atoms with Gasteiger partial charge in [0.15, 0.2) is 10.9 Å². The fourth-order valence-corrected chi connectivity index (χ4v) is 3.84. The van der Waals surface area contributed by atoms with Crippen molar-refractivity contribution in [2.75, 3.05) is 5.75 Å². The Morgan fingerprint density at radius 2 is 2.03 bits per heavy atom. The van der Waals surface area contributed by atoms with Gasteiger partial charge in [-0.05, 0) is 30.0 Å². The molecule has 2 heterocycles. The van der Waals surface area contributed by atoms with Crippen molar-refractivity contribution in [3.8, 4) is 11.6 Å². The van der Waals surface area contributed by atoms with Crippen LogP contribution in [0.15, 0.2) is 71.0 Å². The summed E-state index contributed by atoms with van der Waals surface area (Å²) in [5, 5.41) is 12.3. The molecule has 0 aliphatic carbocycles. The Morgan fingerprint density at radius 3 is 2.69 bits per heavy atom. The molecule has 1 aromatic carbocycles. The lowest BCUT2D eigenvalue weighted by atomic mass is 9.97. The lowest BCUT2D eigenvalue weighted by Gasteiger charge is -2.21. The van der Waals surface area contributed by atoms with E-state index in [2.05, 4.69) is 48.1 Å². The molecule has 0 fully saturated rings. The van der Waals surface area contributed by atoms with Gasteiger partial charge < -0.3 is 9.73 Å². The van der Waals surface area contributed by atoms with Gasteiger partial charge in [-0.15, -0.1) is 16.8 Å². The van der Waals surface area contributed by atoms with Crippen LogP contribution in [0.3, 0.4) is 0 Å². The summed E-state index contributed by atoms with van der Waals surface area (Å²) in [5.74, 6) is 1.96. The van der Waals surface area contributed by atoms with Gasteiger partial charge in [0.05, 0.1) is 18.1 Å². The average molecular weight is 411 g/mol. The van der Waals surface area contributed by atoms with E-state index in [-0.39, 0.29) is 17.7 Å². The van der Waals surface area contributed by atoms with Gasteiger partial charge in [0.25, 0.3) is 0 Å². The number of furan rings is 1. The van der Waals surface area contributed by atoms with Gasteiger partial charge >= 0.3 is 0 Å². The van der Waals surface area contributed by atoms with Crippen LogP contribution in [0.5, 0.6) is 0 Å². The zero-order valence-electron chi connectivity index (χ0n) is 16.7. The summed E-state index contributed by atoms with van der Waals surface area (Å²) in [6, 6.07) is 13.7. The van der Waals surface area contributed by atoms with E-state index < -0.39 is 0 Å². The Morgan fingerprint density at radius 1 is 1.24 bits per heavy atom. The molecule has 1 unspecified atom stereocenters. The molecule has 1 amide bonds. The number of hydrogen-bond acceptors (Lipinski definition) is 5. The predicted octanol–water partition coefficient (Wildman–Crippen LogP) is 4.72. The quantitative estimate of drug-likeness (QED) is 0.387. The molecule has 7 heteroatoms. The van der Waals surface area contributed by atoms with Gasteiger partial charge in [0.1, 0.15) is 0 Å². The van der Waals surface area contributed by atoms with E-state index in [4.69, 9.17) is 4.42 Å². The Labute approximate surface area is 175 Å². The normalized spacial score (nSPS) is 12.1. The smallest absolute Gasteiger partial charge is 0.230 e. The number of thioether (sulfide) groups is 1. The number of allylic oxidation sites excluding steroid dienone is 1. The van der Waals surface area contributed by atoms with Crippen LogP contribution in [0.4, 0.5) is 0 Å². The first-order chi connectivity index (χ1) is 14.1. The van der Waals surface area contributed by atoms with Gasteiger partial charge in [-0.25, -0.2) is 0 Å². The monoisotopic (exact) mass is 410 g/mol. The minimum Gasteiger partial charge on any atom is -0.461 e. The zero-order valence-corrected chi connectivity index (χ0v) is 17.6. The first kappa shape index (κ1) is 20.9. The fourth-order valence-electron chi connectivity index (χ4n) is 3.08. The fraction of sp³-hybridized carbons (Fsp3) is 0.318. The number of amides is 1. The molecule has 0 bridgehead atoms. The summed E-state index contributed by atoms with van der Waals surface area (Å²) in [6.45, 7) is 8.65. The second-order valence-electron chi connectivity index (χ2n) is 7.13. The van der Waals surface area contributed by atoms with Crippen LogP contribution < -0.4 is 5.32 Å². The molecule has 1 atom stereocenters. The van der Waals surface area contributed by atoms with E-state index in [1.807, 2.05) is 28.8 Å². The molecule has 0 spiro atoms. The molecule has 0 aliphatic heterocycles. The summed E-state index contributed by atoms with van der Waals surface area (Å²) in [5.41, 5.74) is 1.12. The summed E-state index contributed by atoms with van der Waals surface area (Å²) in [7, 11) is 0. The van der Waals surface area contributed by atoms with Crippen LogP contribution >= 0.6 is 11.8 Å². The van der Waals surface area contributed by atoms with Gasteiger partial charge in [-0.1, -0.05) is 62.0 Å². The van der Waals surface area contributed by atoms with Crippen LogP contribution in [0, 0.1) is 5.92 Å². The third-order valence-electron chi connectivity index (χ3n) is 4.35. The summed E-state index contributed by atoms with van der Waals surface area (Å²) in [4.78, 5) is 12.7. The Hall–Kier alpha value is -2.80. The Kier molecular flexibility index (Phi) is 7.30. The number of aromatic nitrogens is 3. The number of benzene rings is 1. The van der Waals surface area contributed by atoms with Crippen molar-refractivity contribution in [2.45, 2.75) is 38.0 Å². The lowest BCUT2D eigenvalue weighted by Crippen LogP contribution is -2.31. The van der Waals surface area contributed by atoms with Crippen LogP contribution in [0.2, 0.25) is 0 Å². The molecule has 29 heavy (non-hydrogen) atoms. The molecular formula is C22H26N4O2S. The predicted molar refractivity (Wildman–Crippen MR) is 115 cm³/mol. The first-order valence-electron chi connectivity index (χ1n) is 9.63. The van der Waals surface area contributed by atoms with Crippen molar-refractivity contribution in [3.63, 3.8) is 0 Å². The average Bonchev–Trinajstić information content (AvgIpc) is 3.36. The van der Waals surface area contributed by atoms with Gasteiger partial charge in [0, 0.05) is 6.54 Å². The van der Waals surface area contributed by atoms with Gasteiger partial charge in [-0.3, -0.25) is 9.36 Å². The zero-order chi connectivity index (χ0) is 20.6. The maximum absolute atomic E-state index is 12.7. The number of nitrogens with zero attached hydrogens (tertiary/aromatic N) is 3. The van der Waals surface area contributed by atoms with Crippen molar-refractivity contribution >= 4 is 17.7 Å². The van der Waals surface area contributed by atoms with Crippen LogP contribution in [-0.2, 0) is 11.3 Å². The Balaban J connectivity index is 1.67. The number of nitrogens with one attached hydrogen (secondary N) is 1. The molecule has 1 N–H and O–H groups in total. The highest BCUT2D eigenvalue weighted by molar-refractivity contribution is 7.99. The van der Waals surface area contributed by atoms with Crippen molar-refractivity contribution in [1.29, 1.82) is 0 Å². The lowest BCUT2D eigenvalue weighted by molar-refractivity contribution is -0.119. The molecule has 0 saturated heterocycles. The van der Waals surface area contributed by atoms with Crippen LogP contribution in [0.25, 0.3) is 11.6 Å². The highest BCUT2D eigenvalue weighted by Crippen LogP contribution is 2.25. The summed E-state index contributed by atoms with van der Waals surface area (Å²) < 4.78 is 7.33. The van der Waals surface area contributed by atoms with E-state index in [1.54, 1.807) is 18.4 Å². The number of hydrogen-bond donors (Lipinski definition) is 1. The standard InChI is InChI=1S/C22H26N4O2S/c1-4-12-26-21(19-11-8-13-28-19)24-25-22(26)29-15-20(27)23-18(14-16(2)3)17-9-6-5-7-10-17/h4-11,13,16,18H,1,12,14-15H2,2-3H3,(H,23,27). The third-order valence-corrected chi connectivity index (χ3v) is 5.31. The largest absolute Gasteiger partial charge is 0.461 e. The molecule has 0 saturated carbocycles. The van der Waals surface area contributed by atoms with Crippen LogP contribution in [0.1, 0.15) is 31.9 Å². The highest BCUT2D eigenvalue weighted by Gasteiger charge is 2.19. The second-order valence-corrected chi connectivity index (χ2v) is 8.07. The number of carbonyl (C=O) groups excluding carboxylic acids is 1. The molecular weight excluding hydrogens is 384 g/mol. The highest BCUT2D eigenvalue weighted by atomic mass is 32.2. The van der Waals surface area contributed by atoms with E-state index in [1.165, 1.54) is 11.8 Å².